The summed E-state index contributed by atoms with van der Waals surface area (Å²) in [5.41, 5.74) is 0. The molecule has 3 fully saturated rings. The van der Waals surface area contributed by atoms with E-state index in [2.05, 4.69) is 32.3 Å². The molecule has 0 spiro atoms. The van der Waals surface area contributed by atoms with E-state index in [1.165, 1.54) is 58.3 Å². The summed E-state index contributed by atoms with van der Waals surface area (Å²) in [5, 5.41) is 6.88. The predicted molar refractivity (Wildman–Crippen MR) is 119 cm³/mol. The summed E-state index contributed by atoms with van der Waals surface area (Å²) in [7, 11) is 1.85. The molecule has 6 nitrogen and oxygen atoms in total. The minimum absolute atomic E-state index is 0. The molecule has 3 aliphatic rings. The summed E-state index contributed by atoms with van der Waals surface area (Å²) in [6, 6.07) is 0.673. The van der Waals surface area contributed by atoms with Crippen molar-refractivity contribution >= 4 is 29.9 Å². The number of rotatable bonds is 6. The lowest BCUT2D eigenvalue weighted by molar-refractivity contribution is -0.0453. The minimum Gasteiger partial charge on any atom is -0.373 e. The average Bonchev–Trinajstić information content (AvgIpc) is 3.10. The predicted octanol–water partition coefficient (Wildman–Crippen LogP) is 1.75. The lowest BCUT2D eigenvalue weighted by Gasteiger charge is -2.35. The molecule has 0 bridgehead atoms. The summed E-state index contributed by atoms with van der Waals surface area (Å²) >= 11 is 0. The highest BCUT2D eigenvalue weighted by Gasteiger charge is 2.32. The molecular weight excluding hydrogens is 441 g/mol. The van der Waals surface area contributed by atoms with Crippen molar-refractivity contribution in [2.45, 2.75) is 51.2 Å². The number of fused-ring (bicyclic) bond motifs is 1. The number of ether oxygens (including phenoxy) is 1. The molecule has 2 atom stereocenters. The molecule has 0 aromatic rings. The van der Waals surface area contributed by atoms with Crippen molar-refractivity contribution in [3.63, 3.8) is 0 Å². The SMILES string of the molecule is CN=C(NCCCN1CCC(C)CC1)NCC1CN2CCCC2CO1.I. The first-order valence-corrected chi connectivity index (χ1v) is 10.3. The van der Waals surface area contributed by atoms with Gasteiger partial charge in [-0.2, -0.15) is 0 Å². The fourth-order valence-electron chi connectivity index (χ4n) is 4.24. The van der Waals surface area contributed by atoms with Gasteiger partial charge in [0.05, 0.1) is 12.7 Å². The number of guanidine groups is 1. The van der Waals surface area contributed by atoms with Gasteiger partial charge in [-0.15, -0.1) is 24.0 Å². The topological polar surface area (TPSA) is 52.1 Å². The standard InChI is InChI=1S/C19H37N5O.HI/c1-16-6-11-23(12-7-16)9-4-8-21-19(20-2)22-13-18-14-24-10-3-5-17(24)15-25-18;/h16-18H,3-15H2,1-2H3,(H2,20,21,22);1H. The van der Waals surface area contributed by atoms with Crippen LogP contribution in [0.5, 0.6) is 0 Å². The van der Waals surface area contributed by atoms with Gasteiger partial charge >= 0.3 is 0 Å². The quantitative estimate of drug-likeness (QED) is 0.263. The van der Waals surface area contributed by atoms with Crippen molar-refractivity contribution in [1.82, 2.24) is 20.4 Å². The van der Waals surface area contributed by atoms with Crippen molar-refractivity contribution in [3.05, 3.63) is 0 Å². The molecule has 0 aromatic heterocycles. The second-order valence-electron chi connectivity index (χ2n) is 8.00. The summed E-state index contributed by atoms with van der Waals surface area (Å²) < 4.78 is 6.01. The molecular formula is C19H38IN5O. The van der Waals surface area contributed by atoms with Gasteiger partial charge in [0.2, 0.25) is 0 Å². The number of nitrogens with one attached hydrogen (secondary N) is 2. The molecule has 3 aliphatic heterocycles. The first kappa shape index (κ1) is 22.2. The number of hydrogen-bond acceptors (Lipinski definition) is 4. The number of piperidine rings is 1. The number of likely N-dealkylation sites (tertiary alicyclic amines) is 1. The summed E-state index contributed by atoms with van der Waals surface area (Å²) in [4.78, 5) is 9.53. The summed E-state index contributed by atoms with van der Waals surface area (Å²) in [5.74, 6) is 1.81. The van der Waals surface area contributed by atoms with Gasteiger partial charge in [-0.25, -0.2) is 0 Å². The number of hydrogen-bond donors (Lipinski definition) is 2. The van der Waals surface area contributed by atoms with Crippen molar-refractivity contribution in [3.8, 4) is 0 Å². The second kappa shape index (κ2) is 11.7. The van der Waals surface area contributed by atoms with Crippen molar-refractivity contribution in [1.29, 1.82) is 0 Å². The van der Waals surface area contributed by atoms with Gasteiger partial charge in [0.25, 0.3) is 0 Å². The molecule has 3 rings (SSSR count). The number of nitrogens with zero attached hydrogens (tertiary/aromatic N) is 3. The third-order valence-corrected chi connectivity index (χ3v) is 6.00. The van der Waals surface area contributed by atoms with E-state index in [4.69, 9.17) is 4.74 Å². The van der Waals surface area contributed by atoms with E-state index in [1.54, 1.807) is 0 Å². The zero-order chi connectivity index (χ0) is 17.5. The van der Waals surface area contributed by atoms with E-state index in [9.17, 15) is 0 Å². The molecule has 152 valence electrons. The van der Waals surface area contributed by atoms with Crippen LogP contribution in [0, 0.1) is 5.92 Å². The van der Waals surface area contributed by atoms with Gasteiger partial charge in [0, 0.05) is 32.7 Å². The lowest BCUT2D eigenvalue weighted by atomic mass is 9.99. The van der Waals surface area contributed by atoms with Gasteiger partial charge in [-0.05, 0) is 64.2 Å². The molecule has 7 heteroatoms. The molecule has 0 aliphatic carbocycles. The van der Waals surface area contributed by atoms with Crippen LogP contribution in [0.2, 0.25) is 0 Å². The molecule has 2 unspecified atom stereocenters. The molecule has 0 amide bonds. The van der Waals surface area contributed by atoms with Gasteiger partial charge in [0.15, 0.2) is 5.96 Å². The van der Waals surface area contributed by atoms with Crippen LogP contribution >= 0.6 is 24.0 Å². The third kappa shape index (κ3) is 6.80. The third-order valence-electron chi connectivity index (χ3n) is 6.00. The van der Waals surface area contributed by atoms with Gasteiger partial charge in [0.1, 0.15) is 0 Å². The summed E-state index contributed by atoms with van der Waals surface area (Å²) in [6.07, 6.45) is 6.80. The Morgan fingerprint density at radius 1 is 1.15 bits per heavy atom. The van der Waals surface area contributed by atoms with Crippen LogP contribution in [-0.4, -0.2) is 87.4 Å². The zero-order valence-electron chi connectivity index (χ0n) is 16.6. The minimum atomic E-state index is 0. The van der Waals surface area contributed by atoms with E-state index < -0.39 is 0 Å². The lowest BCUT2D eigenvalue weighted by Crippen LogP contribution is -2.51. The second-order valence-corrected chi connectivity index (χ2v) is 8.00. The average molecular weight is 479 g/mol. The van der Waals surface area contributed by atoms with E-state index in [1.807, 2.05) is 7.05 Å². The fourth-order valence-corrected chi connectivity index (χ4v) is 4.24. The highest BCUT2D eigenvalue weighted by atomic mass is 127. The van der Waals surface area contributed by atoms with Gasteiger partial charge in [-0.1, -0.05) is 6.92 Å². The Morgan fingerprint density at radius 3 is 2.73 bits per heavy atom. The fraction of sp³-hybridized carbons (Fsp3) is 0.947. The Bertz CT molecular complexity index is 428. The molecule has 0 saturated carbocycles. The number of morpholine rings is 1. The van der Waals surface area contributed by atoms with Crippen molar-refractivity contribution in [2.24, 2.45) is 10.9 Å². The Morgan fingerprint density at radius 2 is 1.96 bits per heavy atom. The van der Waals surface area contributed by atoms with Crippen molar-refractivity contribution in [2.75, 3.05) is 59.5 Å². The number of aliphatic imine (C=N–C) groups is 1. The maximum atomic E-state index is 6.01. The molecule has 3 heterocycles. The molecule has 0 radical (unpaired) electrons. The highest BCUT2D eigenvalue weighted by molar-refractivity contribution is 14.0. The molecule has 2 N–H and O–H groups in total. The maximum absolute atomic E-state index is 6.01. The Kier molecular flexibility index (Phi) is 9.94. The largest absolute Gasteiger partial charge is 0.373 e. The van der Waals surface area contributed by atoms with E-state index in [-0.39, 0.29) is 30.1 Å². The monoisotopic (exact) mass is 479 g/mol. The van der Waals surface area contributed by atoms with Gasteiger partial charge < -0.3 is 20.3 Å². The van der Waals surface area contributed by atoms with Crippen LogP contribution in [-0.2, 0) is 4.74 Å². The highest BCUT2D eigenvalue weighted by Crippen LogP contribution is 2.22. The smallest absolute Gasteiger partial charge is 0.191 e. The molecule has 0 aromatic carbocycles. The van der Waals surface area contributed by atoms with Crippen LogP contribution < -0.4 is 10.6 Å². The number of halogens is 1. The normalized spacial score (nSPS) is 28.5. The molecule has 26 heavy (non-hydrogen) atoms. The Hall–Kier alpha value is -0.120. The first-order chi connectivity index (χ1) is 12.2. The van der Waals surface area contributed by atoms with Crippen molar-refractivity contribution < 1.29 is 4.74 Å². The van der Waals surface area contributed by atoms with E-state index in [0.29, 0.717) is 6.04 Å². The van der Waals surface area contributed by atoms with E-state index in [0.717, 1.165) is 38.1 Å². The van der Waals surface area contributed by atoms with Gasteiger partial charge in [-0.3, -0.25) is 9.89 Å². The van der Waals surface area contributed by atoms with Crippen LogP contribution in [0.3, 0.4) is 0 Å². The van der Waals surface area contributed by atoms with Crippen LogP contribution in [0.15, 0.2) is 4.99 Å². The summed E-state index contributed by atoms with van der Waals surface area (Å²) in [6.45, 7) is 11.1. The molecule has 3 saturated heterocycles. The van der Waals surface area contributed by atoms with Crippen LogP contribution in [0.4, 0.5) is 0 Å². The zero-order valence-corrected chi connectivity index (χ0v) is 18.9. The Balaban J connectivity index is 0.00000243. The first-order valence-electron chi connectivity index (χ1n) is 10.3. The van der Waals surface area contributed by atoms with Crippen LogP contribution in [0.1, 0.15) is 39.0 Å². The maximum Gasteiger partial charge on any atom is 0.191 e. The van der Waals surface area contributed by atoms with E-state index >= 15 is 0 Å². The Labute approximate surface area is 176 Å². The van der Waals surface area contributed by atoms with Crippen LogP contribution in [0.25, 0.3) is 0 Å².